The van der Waals surface area contributed by atoms with Crippen molar-refractivity contribution < 1.29 is 80.4 Å². The van der Waals surface area contributed by atoms with Crippen molar-refractivity contribution in [1.82, 2.24) is 0 Å². The predicted octanol–water partition coefficient (Wildman–Crippen LogP) is -4.07. The van der Waals surface area contributed by atoms with Gasteiger partial charge < -0.3 is 31.7 Å². The molecule has 0 rings (SSSR count). The van der Waals surface area contributed by atoms with Gasteiger partial charge >= 0.3 is 53.4 Å². The normalized spacial score (nSPS) is 10.2. The van der Waals surface area contributed by atoms with Gasteiger partial charge in [-0.1, -0.05) is 0 Å². The van der Waals surface area contributed by atoms with Gasteiger partial charge in [-0.15, -0.1) is 0 Å². The van der Waals surface area contributed by atoms with Gasteiger partial charge in [0.25, 0.3) is 0 Å². The molecule has 11 heteroatoms. The van der Waals surface area contributed by atoms with Gasteiger partial charge in [0.05, 0.1) is 19.3 Å². The first-order valence-electron chi connectivity index (χ1n) is 4.81. The van der Waals surface area contributed by atoms with Gasteiger partial charge in [-0.3, -0.25) is 14.4 Å². The Labute approximate surface area is 136 Å². The van der Waals surface area contributed by atoms with E-state index < -0.39 is 43.2 Å². The van der Waals surface area contributed by atoms with Crippen molar-refractivity contribution in [2.24, 2.45) is 0 Å². The summed E-state index contributed by atoms with van der Waals surface area (Å²) in [6, 6.07) is 0. The average molecular weight is 306 g/mol. The van der Waals surface area contributed by atoms with Crippen LogP contribution in [0.4, 0.5) is 0 Å². The summed E-state index contributed by atoms with van der Waals surface area (Å²) in [4.78, 5) is 39.4. The van der Waals surface area contributed by atoms with E-state index in [1.54, 1.807) is 0 Å². The SMILES string of the molecule is O=C(O)CC(OCO)C(=O)O.O=C(O)CCC(=O)O.[H-].[Na+]. The van der Waals surface area contributed by atoms with Crippen molar-refractivity contribution in [2.45, 2.75) is 25.4 Å². The van der Waals surface area contributed by atoms with Crippen LogP contribution < -0.4 is 29.6 Å². The van der Waals surface area contributed by atoms with Crippen LogP contribution in [0.2, 0.25) is 0 Å². The van der Waals surface area contributed by atoms with Crippen LogP contribution in [0.5, 0.6) is 0 Å². The van der Waals surface area contributed by atoms with E-state index in [1.165, 1.54) is 0 Å². The van der Waals surface area contributed by atoms with Gasteiger partial charge in [0.2, 0.25) is 0 Å². The summed E-state index contributed by atoms with van der Waals surface area (Å²) >= 11 is 0. The molecule has 10 nitrogen and oxygen atoms in total. The summed E-state index contributed by atoms with van der Waals surface area (Å²) in [5, 5.41) is 40.3. The smallest absolute Gasteiger partial charge is 1.00 e. The molecule has 0 aromatic heterocycles. The van der Waals surface area contributed by atoms with Crippen LogP contribution >= 0.6 is 0 Å². The predicted molar refractivity (Wildman–Crippen MR) is 57.5 cm³/mol. The number of carboxylic acid groups (broad SMARTS) is 4. The zero-order valence-corrected chi connectivity index (χ0v) is 12.7. The summed E-state index contributed by atoms with van der Waals surface area (Å²) in [5.74, 6) is -4.84. The molecule has 1 unspecified atom stereocenters. The molecule has 20 heavy (non-hydrogen) atoms. The molecule has 0 aliphatic heterocycles. The van der Waals surface area contributed by atoms with E-state index in [0.717, 1.165) is 0 Å². The van der Waals surface area contributed by atoms with E-state index in [0.29, 0.717) is 0 Å². The number of aliphatic hydroxyl groups is 1. The van der Waals surface area contributed by atoms with Crippen LogP contribution in [-0.2, 0) is 23.9 Å². The Kier molecular flexibility index (Phi) is 17.0. The summed E-state index contributed by atoms with van der Waals surface area (Å²) in [6.07, 6.45) is -2.72. The number of rotatable bonds is 8. The number of carbonyl (C=O) groups is 4. The second kappa shape index (κ2) is 14.2. The Morgan fingerprint density at radius 3 is 1.50 bits per heavy atom. The Morgan fingerprint density at radius 2 is 1.30 bits per heavy atom. The van der Waals surface area contributed by atoms with Crippen molar-refractivity contribution in [3.63, 3.8) is 0 Å². The van der Waals surface area contributed by atoms with Crippen molar-refractivity contribution >= 4 is 23.9 Å². The average Bonchev–Trinajstić information content (AvgIpc) is 2.26. The Hall–Kier alpha value is -1.20. The Balaban J connectivity index is -0.000000131. The molecule has 5 N–H and O–H groups in total. The minimum atomic E-state index is -1.47. The molecule has 0 spiro atoms. The molecule has 0 radical (unpaired) electrons. The van der Waals surface area contributed by atoms with Crippen LogP contribution in [0, 0.1) is 0 Å². The van der Waals surface area contributed by atoms with Gasteiger partial charge in [-0.25, -0.2) is 4.79 Å². The first-order valence-corrected chi connectivity index (χ1v) is 4.81. The van der Waals surface area contributed by atoms with Crippen molar-refractivity contribution in [3.8, 4) is 0 Å². The second-order valence-corrected chi connectivity index (χ2v) is 3.01. The molecule has 1 atom stereocenters. The summed E-state index contributed by atoms with van der Waals surface area (Å²) < 4.78 is 4.19. The fourth-order valence-electron chi connectivity index (χ4n) is 0.680. The van der Waals surface area contributed by atoms with Gasteiger partial charge in [0, 0.05) is 0 Å². The second-order valence-electron chi connectivity index (χ2n) is 3.01. The third-order valence-electron chi connectivity index (χ3n) is 1.46. The van der Waals surface area contributed by atoms with E-state index in [-0.39, 0.29) is 43.8 Å². The van der Waals surface area contributed by atoms with Crippen molar-refractivity contribution in [2.75, 3.05) is 6.79 Å². The Morgan fingerprint density at radius 1 is 0.900 bits per heavy atom. The van der Waals surface area contributed by atoms with Crippen molar-refractivity contribution in [3.05, 3.63) is 0 Å². The molecule has 0 aliphatic carbocycles. The number of carboxylic acids is 4. The molecule has 0 amide bonds. The Bertz CT molecular complexity index is 320. The summed E-state index contributed by atoms with van der Waals surface area (Å²) in [7, 11) is 0. The third-order valence-corrected chi connectivity index (χ3v) is 1.46. The molecule has 0 heterocycles. The number of hydrogen-bond donors (Lipinski definition) is 5. The molecular formula is C9H15NaO10. The zero-order chi connectivity index (χ0) is 15.4. The maximum absolute atomic E-state index is 10.1. The molecule has 0 aromatic rings. The van der Waals surface area contributed by atoms with Crippen LogP contribution in [0.1, 0.15) is 20.7 Å². The van der Waals surface area contributed by atoms with Crippen LogP contribution in [0.3, 0.4) is 0 Å². The van der Waals surface area contributed by atoms with Gasteiger partial charge in [-0.05, 0) is 0 Å². The largest absolute Gasteiger partial charge is 1.00 e. The van der Waals surface area contributed by atoms with E-state index in [1.807, 2.05) is 0 Å². The monoisotopic (exact) mass is 306 g/mol. The third kappa shape index (κ3) is 19.1. The molecule has 112 valence electrons. The minimum Gasteiger partial charge on any atom is -1.00 e. The topological polar surface area (TPSA) is 179 Å². The number of hydrogen-bond acceptors (Lipinski definition) is 6. The molecule has 0 aromatic carbocycles. The molecule has 0 saturated carbocycles. The number of aliphatic carboxylic acids is 4. The maximum Gasteiger partial charge on any atom is 1.00 e. The van der Waals surface area contributed by atoms with E-state index in [2.05, 4.69) is 4.74 Å². The van der Waals surface area contributed by atoms with Gasteiger partial charge in [-0.2, -0.15) is 0 Å². The fraction of sp³-hybridized carbons (Fsp3) is 0.556. The number of aliphatic hydroxyl groups excluding tert-OH is 1. The van der Waals surface area contributed by atoms with Crippen LogP contribution in [0.25, 0.3) is 0 Å². The van der Waals surface area contributed by atoms with E-state index in [9.17, 15) is 19.2 Å². The fourth-order valence-corrected chi connectivity index (χ4v) is 0.680. The van der Waals surface area contributed by atoms with E-state index >= 15 is 0 Å². The van der Waals surface area contributed by atoms with Crippen molar-refractivity contribution in [1.29, 1.82) is 0 Å². The van der Waals surface area contributed by atoms with Gasteiger partial charge in [0.1, 0.15) is 6.79 Å². The standard InChI is InChI=1S/C5H8O6.C4H6O4.Na.H/c6-2-11-3(5(9)10)1-4(7)8;5-3(6)1-2-4(7)8;;/h3,6H,1-2H2,(H,7,8)(H,9,10);1-2H2,(H,5,6)(H,7,8);;/q;;+1;-1. The number of ether oxygens (including phenoxy) is 1. The zero-order valence-electron chi connectivity index (χ0n) is 11.7. The van der Waals surface area contributed by atoms with E-state index in [4.69, 9.17) is 25.5 Å². The molecular weight excluding hydrogens is 291 g/mol. The molecule has 0 aliphatic rings. The van der Waals surface area contributed by atoms with Crippen LogP contribution in [0.15, 0.2) is 0 Å². The quantitative estimate of drug-likeness (QED) is 0.219. The first-order chi connectivity index (χ1) is 8.70. The summed E-state index contributed by atoms with van der Waals surface area (Å²) in [5.41, 5.74) is 0. The summed E-state index contributed by atoms with van der Waals surface area (Å²) in [6.45, 7) is -0.801. The molecule has 0 saturated heterocycles. The van der Waals surface area contributed by atoms with Crippen LogP contribution in [-0.4, -0.2) is 62.3 Å². The van der Waals surface area contributed by atoms with Gasteiger partial charge in [0.15, 0.2) is 6.10 Å². The molecule has 0 fully saturated rings. The first kappa shape index (κ1) is 23.9. The molecule has 0 bridgehead atoms. The maximum atomic E-state index is 10.1. The minimum absolute atomic E-state index is 0.